The van der Waals surface area contributed by atoms with Gasteiger partial charge in [-0.2, -0.15) is 0 Å². The van der Waals surface area contributed by atoms with E-state index in [1.54, 1.807) is 33.1 Å². The van der Waals surface area contributed by atoms with E-state index in [2.05, 4.69) is 20.8 Å². The number of nitrogens with one attached hydrogen (secondary N) is 2. The number of hydrazine groups is 1. The van der Waals surface area contributed by atoms with Gasteiger partial charge in [-0.05, 0) is 39.1 Å². The van der Waals surface area contributed by atoms with Crippen LogP contribution in [-0.4, -0.2) is 34.2 Å². The fourth-order valence-corrected chi connectivity index (χ4v) is 3.89. The standard InChI is InChI=1S/C18H20N4O4S2/c1-5-25-16(23)10-9-28-15-12(10)14(21-22-17(24)26-18(2,3)4)19-13(20-15)11-7-6-8-27-11/h6-9H,5H2,1-4H3,(H,22,24)(H,19,20,21). The summed E-state index contributed by atoms with van der Waals surface area (Å²) in [7, 11) is 0. The van der Waals surface area contributed by atoms with Gasteiger partial charge in [-0.25, -0.2) is 25.0 Å². The molecule has 0 saturated heterocycles. The van der Waals surface area contributed by atoms with E-state index in [0.29, 0.717) is 27.4 Å². The molecule has 3 aromatic heterocycles. The quantitative estimate of drug-likeness (QED) is 0.464. The van der Waals surface area contributed by atoms with Crippen molar-refractivity contribution >= 4 is 50.8 Å². The van der Waals surface area contributed by atoms with E-state index in [9.17, 15) is 9.59 Å². The maximum Gasteiger partial charge on any atom is 0.426 e. The average Bonchev–Trinajstić information content (AvgIpc) is 3.27. The zero-order chi connectivity index (χ0) is 20.3. The molecule has 1 amide bonds. The molecule has 2 N–H and O–H groups in total. The Kier molecular flexibility index (Phi) is 5.80. The molecular formula is C18H20N4O4S2. The van der Waals surface area contributed by atoms with Gasteiger partial charge in [0, 0.05) is 5.38 Å². The van der Waals surface area contributed by atoms with Crippen LogP contribution in [-0.2, 0) is 9.47 Å². The van der Waals surface area contributed by atoms with Crippen LogP contribution in [0.2, 0.25) is 0 Å². The number of hydrogen-bond donors (Lipinski definition) is 2. The van der Waals surface area contributed by atoms with Gasteiger partial charge in [0.2, 0.25) is 0 Å². The molecule has 3 aromatic rings. The summed E-state index contributed by atoms with van der Waals surface area (Å²) in [6.07, 6.45) is -0.662. The first kappa shape index (κ1) is 20.0. The molecule has 3 rings (SSSR count). The van der Waals surface area contributed by atoms with Crippen LogP contribution in [0, 0.1) is 0 Å². The Morgan fingerprint density at radius 1 is 1.21 bits per heavy atom. The lowest BCUT2D eigenvalue weighted by atomic mass is 10.2. The maximum absolute atomic E-state index is 12.3. The number of carbonyl (C=O) groups excluding carboxylic acids is 2. The molecule has 0 saturated carbocycles. The monoisotopic (exact) mass is 420 g/mol. The number of ether oxygens (including phenoxy) is 2. The highest BCUT2D eigenvalue weighted by Crippen LogP contribution is 2.33. The summed E-state index contributed by atoms with van der Waals surface area (Å²) < 4.78 is 10.3. The van der Waals surface area contributed by atoms with E-state index in [0.717, 1.165) is 4.88 Å². The first-order valence-electron chi connectivity index (χ1n) is 8.53. The molecule has 0 atom stereocenters. The van der Waals surface area contributed by atoms with E-state index in [4.69, 9.17) is 9.47 Å². The fraction of sp³-hybridized carbons (Fsp3) is 0.333. The van der Waals surface area contributed by atoms with Crippen LogP contribution in [0.4, 0.5) is 10.6 Å². The van der Waals surface area contributed by atoms with Crippen molar-refractivity contribution in [2.24, 2.45) is 0 Å². The van der Waals surface area contributed by atoms with Crippen molar-refractivity contribution in [1.29, 1.82) is 0 Å². The molecule has 0 aliphatic heterocycles. The second-order valence-electron chi connectivity index (χ2n) is 6.68. The molecule has 3 heterocycles. The van der Waals surface area contributed by atoms with Gasteiger partial charge >= 0.3 is 12.1 Å². The van der Waals surface area contributed by atoms with Crippen molar-refractivity contribution in [3.8, 4) is 10.7 Å². The van der Waals surface area contributed by atoms with Gasteiger partial charge < -0.3 is 9.47 Å². The average molecular weight is 421 g/mol. The second-order valence-corrected chi connectivity index (χ2v) is 8.48. The third kappa shape index (κ3) is 4.57. The molecule has 0 aromatic carbocycles. The number of thiophene rings is 2. The Labute approximate surface area is 169 Å². The van der Waals surface area contributed by atoms with E-state index >= 15 is 0 Å². The topological polar surface area (TPSA) is 102 Å². The predicted molar refractivity (Wildman–Crippen MR) is 110 cm³/mol. The van der Waals surface area contributed by atoms with Gasteiger partial charge in [-0.3, -0.25) is 5.43 Å². The summed E-state index contributed by atoms with van der Waals surface area (Å²) in [6, 6.07) is 3.80. The Morgan fingerprint density at radius 2 is 2.00 bits per heavy atom. The molecule has 0 aliphatic carbocycles. The van der Waals surface area contributed by atoms with Gasteiger partial charge in [0.25, 0.3) is 0 Å². The minimum Gasteiger partial charge on any atom is -0.462 e. The van der Waals surface area contributed by atoms with Gasteiger partial charge in [0.05, 0.1) is 22.4 Å². The van der Waals surface area contributed by atoms with Crippen molar-refractivity contribution in [3.63, 3.8) is 0 Å². The lowest BCUT2D eigenvalue weighted by molar-refractivity contribution is 0.0524. The van der Waals surface area contributed by atoms with Crippen molar-refractivity contribution < 1.29 is 19.1 Å². The van der Waals surface area contributed by atoms with Crippen LogP contribution < -0.4 is 10.9 Å². The number of amides is 1. The minimum absolute atomic E-state index is 0.253. The molecular weight excluding hydrogens is 400 g/mol. The third-order valence-corrected chi connectivity index (χ3v) is 5.09. The summed E-state index contributed by atoms with van der Waals surface area (Å²) in [5.41, 5.74) is 4.92. The zero-order valence-electron chi connectivity index (χ0n) is 15.9. The van der Waals surface area contributed by atoms with Gasteiger partial charge in [0.1, 0.15) is 10.4 Å². The first-order chi connectivity index (χ1) is 13.3. The first-order valence-corrected chi connectivity index (χ1v) is 10.3. The van der Waals surface area contributed by atoms with Crippen molar-refractivity contribution in [1.82, 2.24) is 15.4 Å². The molecule has 0 unspecified atom stereocenters. The number of nitrogens with zero attached hydrogens (tertiary/aromatic N) is 2. The van der Waals surface area contributed by atoms with E-state index < -0.39 is 17.7 Å². The van der Waals surface area contributed by atoms with Crippen molar-refractivity contribution in [2.75, 3.05) is 12.0 Å². The molecule has 0 fully saturated rings. The summed E-state index contributed by atoms with van der Waals surface area (Å²) in [4.78, 5) is 34.9. The van der Waals surface area contributed by atoms with Crippen molar-refractivity contribution in [3.05, 3.63) is 28.5 Å². The molecule has 8 nitrogen and oxygen atoms in total. The molecule has 148 valence electrons. The third-order valence-electron chi connectivity index (χ3n) is 3.35. The fourth-order valence-electron chi connectivity index (χ4n) is 2.32. The predicted octanol–water partition coefficient (Wildman–Crippen LogP) is 4.45. The Morgan fingerprint density at radius 3 is 2.64 bits per heavy atom. The minimum atomic E-state index is -0.662. The summed E-state index contributed by atoms with van der Waals surface area (Å²) >= 11 is 2.80. The highest BCUT2D eigenvalue weighted by Gasteiger charge is 2.22. The van der Waals surface area contributed by atoms with Crippen LogP contribution in [0.5, 0.6) is 0 Å². The van der Waals surface area contributed by atoms with Crippen LogP contribution in [0.25, 0.3) is 20.9 Å². The van der Waals surface area contributed by atoms with E-state index in [-0.39, 0.29) is 6.61 Å². The van der Waals surface area contributed by atoms with Crippen LogP contribution in [0.3, 0.4) is 0 Å². The Balaban J connectivity index is 1.99. The largest absolute Gasteiger partial charge is 0.462 e. The van der Waals surface area contributed by atoms with Gasteiger partial charge in [-0.1, -0.05) is 6.07 Å². The van der Waals surface area contributed by atoms with Gasteiger partial charge in [0.15, 0.2) is 11.6 Å². The number of esters is 1. The maximum atomic E-state index is 12.3. The highest BCUT2D eigenvalue weighted by atomic mass is 32.1. The molecule has 0 aliphatic rings. The summed E-state index contributed by atoms with van der Waals surface area (Å²) in [5.74, 6) is 0.318. The summed E-state index contributed by atoms with van der Waals surface area (Å²) in [6.45, 7) is 7.29. The number of fused-ring (bicyclic) bond motifs is 1. The van der Waals surface area contributed by atoms with Crippen molar-refractivity contribution in [2.45, 2.75) is 33.3 Å². The normalized spacial score (nSPS) is 11.3. The van der Waals surface area contributed by atoms with Gasteiger partial charge in [-0.15, -0.1) is 22.7 Å². The lowest BCUT2D eigenvalue weighted by Gasteiger charge is -2.20. The number of anilines is 1. The van der Waals surface area contributed by atoms with Crippen LogP contribution in [0.1, 0.15) is 38.1 Å². The number of hydrogen-bond acceptors (Lipinski definition) is 9. The molecule has 0 bridgehead atoms. The van der Waals surface area contributed by atoms with E-state index in [1.165, 1.54) is 22.7 Å². The zero-order valence-corrected chi connectivity index (χ0v) is 17.5. The Hall–Kier alpha value is -2.72. The molecule has 28 heavy (non-hydrogen) atoms. The number of carbonyl (C=O) groups is 2. The Bertz CT molecular complexity index is 993. The number of aromatic nitrogens is 2. The molecule has 0 radical (unpaired) electrons. The SMILES string of the molecule is CCOC(=O)c1csc2nc(-c3cccs3)nc(NNC(=O)OC(C)(C)C)c12. The lowest BCUT2D eigenvalue weighted by Crippen LogP contribution is -2.36. The molecule has 0 spiro atoms. The molecule has 10 heteroatoms. The smallest absolute Gasteiger partial charge is 0.426 e. The van der Waals surface area contributed by atoms with Crippen LogP contribution >= 0.6 is 22.7 Å². The second kappa shape index (κ2) is 8.11. The van der Waals surface area contributed by atoms with Crippen LogP contribution in [0.15, 0.2) is 22.9 Å². The number of rotatable bonds is 5. The highest BCUT2D eigenvalue weighted by molar-refractivity contribution is 7.17. The summed E-state index contributed by atoms with van der Waals surface area (Å²) in [5, 5.41) is 4.08. The van der Waals surface area contributed by atoms with E-state index in [1.807, 2.05) is 17.5 Å².